The van der Waals surface area contributed by atoms with E-state index in [1.165, 1.54) is 238 Å². The van der Waals surface area contributed by atoms with Gasteiger partial charge < -0.3 is 33.8 Å². The average Bonchev–Trinajstić information content (AvgIpc) is 0.919. The molecular formula is C85H166O17P2. The number of rotatable bonds is 82. The molecule has 0 rings (SSSR count). The smallest absolute Gasteiger partial charge is 0.462 e. The Hall–Kier alpha value is -1.94. The second kappa shape index (κ2) is 73.8. The zero-order valence-corrected chi connectivity index (χ0v) is 70.5. The molecule has 0 aromatic heterocycles. The number of carbonyl (C=O) groups is 4. The van der Waals surface area contributed by atoms with Crippen LogP contribution in [0.1, 0.15) is 441 Å². The van der Waals surface area contributed by atoms with Crippen molar-refractivity contribution in [1.29, 1.82) is 0 Å². The molecule has 0 heterocycles. The van der Waals surface area contributed by atoms with Crippen LogP contribution in [0.3, 0.4) is 0 Å². The average molecular weight is 1520 g/mol. The number of hydrogen-bond acceptors (Lipinski definition) is 15. The van der Waals surface area contributed by atoms with Crippen LogP contribution in [0.15, 0.2) is 0 Å². The van der Waals surface area contributed by atoms with Crippen LogP contribution in [0.5, 0.6) is 0 Å². The van der Waals surface area contributed by atoms with Gasteiger partial charge in [0.15, 0.2) is 12.2 Å². The second-order valence-electron chi connectivity index (χ2n) is 32.2. The van der Waals surface area contributed by atoms with Crippen molar-refractivity contribution in [2.75, 3.05) is 39.6 Å². The first kappa shape index (κ1) is 102. The predicted molar refractivity (Wildman–Crippen MR) is 428 cm³/mol. The minimum absolute atomic E-state index is 0.106. The summed E-state index contributed by atoms with van der Waals surface area (Å²) in [6, 6.07) is 0. The lowest BCUT2D eigenvalue weighted by molar-refractivity contribution is -0.161. The van der Waals surface area contributed by atoms with Crippen LogP contribution < -0.4 is 0 Å². The number of ether oxygens (including phenoxy) is 4. The predicted octanol–water partition coefficient (Wildman–Crippen LogP) is 25.6. The fraction of sp³-hybridized carbons (Fsp3) is 0.953. The number of phosphoric acid groups is 2. The van der Waals surface area contributed by atoms with Crippen molar-refractivity contribution in [3.05, 3.63) is 0 Å². The SMILES string of the molecule is CCC(C)CCCCCCCCC(=O)OC[C@H](COP(=O)(O)OC[C@H](O)COP(=O)(O)OC[C@@H](COC(=O)CCCCCCCCCCCCCCCCCCC(C)C)OC(=O)CCCCCCCCCCCCCCCCCCC(C)C)OC(=O)CCCCCCCCCCCCCCCC(C)C. The molecule has 0 radical (unpaired) electrons. The maximum Gasteiger partial charge on any atom is 0.472 e. The van der Waals surface area contributed by atoms with Crippen LogP contribution in [-0.4, -0.2) is 96.7 Å². The Morgan fingerprint density at radius 1 is 0.269 bits per heavy atom. The molecule has 0 spiro atoms. The first-order valence-corrected chi connectivity index (χ1v) is 46.7. The molecule has 0 saturated carbocycles. The lowest BCUT2D eigenvalue weighted by Crippen LogP contribution is -2.30. The first-order valence-electron chi connectivity index (χ1n) is 43.7. The molecule has 0 amide bonds. The topological polar surface area (TPSA) is 237 Å². The highest BCUT2D eigenvalue weighted by molar-refractivity contribution is 7.47. The third-order valence-electron chi connectivity index (χ3n) is 20.2. The molecule has 618 valence electrons. The van der Waals surface area contributed by atoms with E-state index in [4.69, 9.17) is 37.0 Å². The van der Waals surface area contributed by atoms with Gasteiger partial charge in [-0.15, -0.1) is 0 Å². The van der Waals surface area contributed by atoms with Crippen molar-refractivity contribution >= 4 is 39.5 Å². The molecule has 0 aromatic rings. The van der Waals surface area contributed by atoms with Gasteiger partial charge in [-0.2, -0.15) is 0 Å². The normalized spacial score (nSPS) is 14.2. The van der Waals surface area contributed by atoms with E-state index in [0.29, 0.717) is 25.7 Å². The molecule has 0 fully saturated rings. The van der Waals surface area contributed by atoms with E-state index < -0.39 is 97.5 Å². The largest absolute Gasteiger partial charge is 0.472 e. The second-order valence-corrected chi connectivity index (χ2v) is 35.2. The Kier molecular flexibility index (Phi) is 72.5. The Balaban J connectivity index is 5.24. The van der Waals surface area contributed by atoms with Gasteiger partial charge in [-0.05, 0) is 49.4 Å². The molecule has 0 bridgehead atoms. The molecule has 0 saturated heterocycles. The van der Waals surface area contributed by atoms with Crippen molar-refractivity contribution < 1.29 is 80.2 Å². The maximum atomic E-state index is 13.1. The Bertz CT molecular complexity index is 2030. The third kappa shape index (κ3) is 76.8. The summed E-state index contributed by atoms with van der Waals surface area (Å²) >= 11 is 0. The maximum absolute atomic E-state index is 13.1. The molecule has 3 unspecified atom stereocenters. The molecule has 19 heteroatoms. The summed E-state index contributed by atoms with van der Waals surface area (Å²) in [6.45, 7) is 14.3. The Morgan fingerprint density at radius 2 is 0.462 bits per heavy atom. The van der Waals surface area contributed by atoms with E-state index in [0.717, 1.165) is 120 Å². The molecule has 0 aliphatic heterocycles. The number of aliphatic hydroxyl groups is 1. The van der Waals surface area contributed by atoms with Crippen molar-refractivity contribution in [3.63, 3.8) is 0 Å². The van der Waals surface area contributed by atoms with Gasteiger partial charge in [0.1, 0.15) is 19.3 Å². The molecule has 0 aromatic carbocycles. The Morgan fingerprint density at radius 3 is 0.683 bits per heavy atom. The van der Waals surface area contributed by atoms with Crippen molar-refractivity contribution in [2.45, 2.75) is 459 Å². The van der Waals surface area contributed by atoms with E-state index in [1.807, 2.05) is 0 Å². The highest BCUT2D eigenvalue weighted by Gasteiger charge is 2.30. The van der Waals surface area contributed by atoms with Crippen LogP contribution in [0.2, 0.25) is 0 Å². The number of esters is 4. The van der Waals surface area contributed by atoms with E-state index >= 15 is 0 Å². The van der Waals surface area contributed by atoms with E-state index in [-0.39, 0.29) is 25.7 Å². The number of aliphatic hydroxyl groups excluding tert-OH is 1. The molecule has 6 atom stereocenters. The lowest BCUT2D eigenvalue weighted by Gasteiger charge is -2.21. The summed E-state index contributed by atoms with van der Waals surface area (Å²) in [5, 5.41) is 10.7. The van der Waals surface area contributed by atoms with E-state index in [1.54, 1.807) is 0 Å². The summed E-state index contributed by atoms with van der Waals surface area (Å²) in [5.41, 5.74) is 0. The zero-order chi connectivity index (χ0) is 76.7. The number of phosphoric ester groups is 2. The number of carbonyl (C=O) groups excluding carboxylic acids is 4. The lowest BCUT2D eigenvalue weighted by atomic mass is 10.00. The minimum Gasteiger partial charge on any atom is -0.462 e. The van der Waals surface area contributed by atoms with Gasteiger partial charge in [0, 0.05) is 25.7 Å². The summed E-state index contributed by atoms with van der Waals surface area (Å²) in [7, 11) is -9.93. The van der Waals surface area contributed by atoms with Gasteiger partial charge in [-0.1, -0.05) is 389 Å². The van der Waals surface area contributed by atoms with Gasteiger partial charge >= 0.3 is 39.5 Å². The van der Waals surface area contributed by atoms with Crippen LogP contribution in [0, 0.1) is 23.7 Å². The van der Waals surface area contributed by atoms with Crippen LogP contribution in [-0.2, 0) is 65.4 Å². The van der Waals surface area contributed by atoms with E-state index in [9.17, 15) is 43.2 Å². The molecule has 104 heavy (non-hydrogen) atoms. The highest BCUT2D eigenvalue weighted by atomic mass is 31.2. The third-order valence-corrected chi connectivity index (χ3v) is 22.1. The summed E-state index contributed by atoms with van der Waals surface area (Å²) in [4.78, 5) is 73.2. The molecule has 17 nitrogen and oxygen atoms in total. The molecular weight excluding hydrogens is 1350 g/mol. The van der Waals surface area contributed by atoms with Crippen LogP contribution in [0.4, 0.5) is 0 Å². The summed E-state index contributed by atoms with van der Waals surface area (Å²) in [6.07, 6.45) is 62.5. The fourth-order valence-corrected chi connectivity index (χ4v) is 14.7. The standard InChI is InChI=1S/C85H166O17P2/c1-9-78(8)64-56-48-43-44-50-58-66-83(88)96-72-81(102-85(90)68-60-52-42-36-30-24-18-21-27-33-39-47-55-63-77(6)7)74-100-104(93,94)98-70-79(86)69-97-103(91,92)99-73-80(101-84(89)67-59-51-41-35-29-23-17-13-11-15-20-26-32-38-46-54-62-76(4)5)71-95-82(87)65-57-49-40-34-28-22-16-12-10-14-19-25-31-37-45-53-61-75(2)3/h75-81,86H,9-74H2,1-8H3,(H,91,92)(H,93,94)/t78?,79-,80-,81-/m1/s1. The summed E-state index contributed by atoms with van der Waals surface area (Å²) in [5.74, 6) is 1.03. The molecule has 0 aliphatic rings. The minimum atomic E-state index is -4.97. The number of hydrogen-bond donors (Lipinski definition) is 3. The van der Waals surface area contributed by atoms with Crippen LogP contribution in [0.25, 0.3) is 0 Å². The van der Waals surface area contributed by atoms with Gasteiger partial charge in [0.05, 0.1) is 26.4 Å². The number of unbranched alkanes of at least 4 members (excludes halogenated alkanes) is 47. The van der Waals surface area contributed by atoms with Crippen LogP contribution >= 0.6 is 15.6 Å². The van der Waals surface area contributed by atoms with Crippen molar-refractivity contribution in [2.24, 2.45) is 23.7 Å². The van der Waals surface area contributed by atoms with Gasteiger partial charge in [-0.25, -0.2) is 9.13 Å². The van der Waals surface area contributed by atoms with E-state index in [2.05, 4.69) is 55.4 Å². The highest BCUT2D eigenvalue weighted by Crippen LogP contribution is 2.45. The van der Waals surface area contributed by atoms with Crippen molar-refractivity contribution in [1.82, 2.24) is 0 Å². The fourth-order valence-electron chi connectivity index (χ4n) is 13.1. The van der Waals surface area contributed by atoms with Crippen molar-refractivity contribution in [3.8, 4) is 0 Å². The molecule has 3 N–H and O–H groups in total. The monoisotopic (exact) mass is 1520 g/mol. The van der Waals surface area contributed by atoms with Gasteiger partial charge in [-0.3, -0.25) is 37.3 Å². The molecule has 0 aliphatic carbocycles. The summed E-state index contributed by atoms with van der Waals surface area (Å²) < 4.78 is 68.9. The quantitative estimate of drug-likeness (QED) is 0.0222. The first-order chi connectivity index (χ1) is 50.1. The van der Waals surface area contributed by atoms with Gasteiger partial charge in [0.25, 0.3) is 0 Å². The zero-order valence-electron chi connectivity index (χ0n) is 68.7. The van der Waals surface area contributed by atoms with Gasteiger partial charge in [0.2, 0.25) is 0 Å². The Labute approximate surface area is 638 Å².